The van der Waals surface area contributed by atoms with Crippen molar-refractivity contribution in [1.29, 1.82) is 0 Å². The van der Waals surface area contributed by atoms with Crippen LogP contribution in [0.2, 0.25) is 5.02 Å². The zero-order valence-electron chi connectivity index (χ0n) is 25.3. The minimum absolute atomic E-state index is 0.0384. The second-order valence-electron chi connectivity index (χ2n) is 11.7. The van der Waals surface area contributed by atoms with E-state index >= 15 is 4.39 Å². The number of ether oxygens (including phenoxy) is 2. The van der Waals surface area contributed by atoms with Crippen LogP contribution in [0.3, 0.4) is 0 Å². The van der Waals surface area contributed by atoms with E-state index in [2.05, 4.69) is 19.9 Å². The standard InChI is InChI=1S/C30H29ClF6N8O2/c1-13-6-18(39)41-24(21(13)30(35,36)37)19-22(31)26-20-25(23(19)32)42-28(47-11-17-8-29(33,34)12-44(17)3)43-27(20)45(4-5-46-26)14(2)15-7-16(38)10-40-9-15/h6-7,9-10,14,17H,4-5,8,11-12,38H2,1-3H3,(H2,39,41)/t14-,17+/m1/s1. The minimum Gasteiger partial charge on any atom is -0.489 e. The molecule has 2 aliphatic heterocycles. The van der Waals surface area contributed by atoms with E-state index in [4.69, 9.17) is 32.5 Å². The van der Waals surface area contributed by atoms with Crippen molar-refractivity contribution in [1.82, 2.24) is 24.8 Å². The Morgan fingerprint density at radius 1 is 1.17 bits per heavy atom. The molecule has 0 spiro atoms. The van der Waals surface area contributed by atoms with Crippen molar-refractivity contribution in [2.45, 2.75) is 44.5 Å². The second kappa shape index (κ2) is 11.7. The largest absolute Gasteiger partial charge is 0.489 e. The summed E-state index contributed by atoms with van der Waals surface area (Å²) in [5.41, 5.74) is 9.23. The molecule has 250 valence electrons. The number of pyridine rings is 2. The Labute approximate surface area is 269 Å². The molecule has 2 aliphatic rings. The van der Waals surface area contributed by atoms with Gasteiger partial charge in [0.1, 0.15) is 30.4 Å². The normalized spacial score (nSPS) is 18.7. The Balaban J connectivity index is 1.59. The van der Waals surface area contributed by atoms with Gasteiger partial charge in [0.15, 0.2) is 11.6 Å². The number of nitrogens with zero attached hydrogens (tertiary/aromatic N) is 6. The average molecular weight is 683 g/mol. The summed E-state index contributed by atoms with van der Waals surface area (Å²) in [4.78, 5) is 19.9. The van der Waals surface area contributed by atoms with Gasteiger partial charge in [-0.25, -0.2) is 18.2 Å². The van der Waals surface area contributed by atoms with Crippen molar-refractivity contribution in [3.8, 4) is 23.0 Å². The number of rotatable bonds is 6. The van der Waals surface area contributed by atoms with E-state index in [9.17, 15) is 22.0 Å². The van der Waals surface area contributed by atoms with Crippen molar-refractivity contribution < 1.29 is 35.8 Å². The molecule has 1 saturated heterocycles. The fourth-order valence-corrected chi connectivity index (χ4v) is 6.44. The van der Waals surface area contributed by atoms with Crippen LogP contribution in [-0.4, -0.2) is 70.2 Å². The van der Waals surface area contributed by atoms with E-state index in [-0.39, 0.29) is 48.1 Å². The summed E-state index contributed by atoms with van der Waals surface area (Å²) in [5, 5.41) is -0.532. The summed E-state index contributed by atoms with van der Waals surface area (Å²) >= 11 is 6.71. The zero-order chi connectivity index (χ0) is 34.0. The van der Waals surface area contributed by atoms with Crippen LogP contribution in [0.15, 0.2) is 24.5 Å². The highest BCUT2D eigenvalue weighted by Gasteiger charge is 2.44. The van der Waals surface area contributed by atoms with Gasteiger partial charge >= 0.3 is 12.2 Å². The van der Waals surface area contributed by atoms with Gasteiger partial charge in [-0.3, -0.25) is 9.88 Å². The number of likely N-dealkylation sites (N-methyl/N-ethyl adjacent to an activating group) is 1. The van der Waals surface area contributed by atoms with Crippen molar-refractivity contribution in [2.75, 3.05) is 49.7 Å². The molecule has 0 amide bonds. The Bertz CT molecular complexity index is 1880. The summed E-state index contributed by atoms with van der Waals surface area (Å²) in [5.74, 6) is -4.59. The molecular weight excluding hydrogens is 654 g/mol. The molecule has 0 radical (unpaired) electrons. The molecule has 1 aromatic carbocycles. The number of nitrogen functional groups attached to an aromatic ring is 2. The number of aromatic nitrogens is 4. The number of hydrogen-bond acceptors (Lipinski definition) is 10. The molecule has 1 fully saturated rings. The van der Waals surface area contributed by atoms with Gasteiger partial charge in [0.25, 0.3) is 5.92 Å². The molecule has 4 aromatic rings. The van der Waals surface area contributed by atoms with Gasteiger partial charge in [0, 0.05) is 24.9 Å². The molecule has 0 aliphatic carbocycles. The molecule has 0 unspecified atom stereocenters. The SMILES string of the molecule is Cc1cc(N)nc(-c2c(Cl)c3c4c(nc(OC[C@@H]5CC(F)(F)CN5C)nc4c2F)N([C@H](C)c2cncc(N)c2)CCO3)c1C(F)(F)F. The topological polar surface area (TPSA) is 129 Å². The first kappa shape index (κ1) is 32.6. The third-order valence-corrected chi connectivity index (χ3v) is 8.68. The fraction of sp³-hybridized carbons (Fsp3) is 0.400. The van der Waals surface area contributed by atoms with Gasteiger partial charge in [-0.15, -0.1) is 0 Å². The Hall–Kier alpha value is -4.31. The zero-order valence-corrected chi connectivity index (χ0v) is 26.1. The number of anilines is 3. The molecule has 0 bridgehead atoms. The van der Waals surface area contributed by atoms with Crippen LogP contribution in [-0.2, 0) is 6.18 Å². The third-order valence-electron chi connectivity index (χ3n) is 8.32. The van der Waals surface area contributed by atoms with Crippen molar-refractivity contribution in [2.24, 2.45) is 0 Å². The molecule has 47 heavy (non-hydrogen) atoms. The van der Waals surface area contributed by atoms with Crippen LogP contribution in [0, 0.1) is 12.7 Å². The van der Waals surface area contributed by atoms with Crippen LogP contribution in [0.4, 0.5) is 43.7 Å². The van der Waals surface area contributed by atoms with Crippen LogP contribution in [0.5, 0.6) is 11.8 Å². The molecule has 6 rings (SSSR count). The lowest BCUT2D eigenvalue weighted by molar-refractivity contribution is -0.137. The highest BCUT2D eigenvalue weighted by atomic mass is 35.5. The summed E-state index contributed by atoms with van der Waals surface area (Å²) in [7, 11) is 1.52. The number of likely N-dealkylation sites (tertiary alicyclic amines) is 1. The number of aryl methyl sites for hydroxylation is 1. The number of halogens is 7. The van der Waals surface area contributed by atoms with Gasteiger partial charge in [-0.1, -0.05) is 11.6 Å². The maximum atomic E-state index is 16.8. The van der Waals surface area contributed by atoms with Gasteiger partial charge in [0.2, 0.25) is 0 Å². The van der Waals surface area contributed by atoms with E-state index in [1.54, 1.807) is 17.2 Å². The highest BCUT2D eigenvalue weighted by molar-refractivity contribution is 6.36. The molecule has 10 nitrogen and oxygen atoms in total. The van der Waals surface area contributed by atoms with E-state index in [1.165, 1.54) is 25.1 Å². The lowest BCUT2D eigenvalue weighted by atomic mass is 9.98. The van der Waals surface area contributed by atoms with Crippen molar-refractivity contribution in [3.05, 3.63) is 52.1 Å². The van der Waals surface area contributed by atoms with E-state index in [1.807, 2.05) is 6.92 Å². The quantitative estimate of drug-likeness (QED) is 0.232. The molecule has 0 saturated carbocycles. The molecular formula is C30H29ClF6N8O2. The molecule has 5 heterocycles. The summed E-state index contributed by atoms with van der Waals surface area (Å²) in [6.07, 6.45) is -2.39. The molecule has 4 N–H and O–H groups in total. The molecule has 17 heteroatoms. The molecule has 2 atom stereocenters. The molecule has 3 aromatic heterocycles. The maximum absolute atomic E-state index is 16.8. The van der Waals surface area contributed by atoms with Gasteiger partial charge in [-0.2, -0.15) is 23.1 Å². The lowest BCUT2D eigenvalue weighted by Gasteiger charge is -2.30. The predicted molar refractivity (Wildman–Crippen MR) is 163 cm³/mol. The third kappa shape index (κ3) is 5.99. The first-order valence-corrected chi connectivity index (χ1v) is 14.8. The second-order valence-corrected chi connectivity index (χ2v) is 12.1. The monoisotopic (exact) mass is 682 g/mol. The van der Waals surface area contributed by atoms with Crippen LogP contribution in [0.1, 0.15) is 36.1 Å². The van der Waals surface area contributed by atoms with Gasteiger partial charge in [-0.05, 0) is 44.2 Å². The van der Waals surface area contributed by atoms with E-state index in [0.29, 0.717) is 11.3 Å². The minimum atomic E-state index is -4.96. The van der Waals surface area contributed by atoms with Crippen molar-refractivity contribution in [3.63, 3.8) is 0 Å². The smallest absolute Gasteiger partial charge is 0.418 e. The van der Waals surface area contributed by atoms with E-state index < -0.39 is 76.3 Å². The Kier molecular flexibility index (Phi) is 8.15. The van der Waals surface area contributed by atoms with E-state index in [0.717, 1.165) is 6.07 Å². The van der Waals surface area contributed by atoms with Crippen LogP contribution < -0.4 is 25.8 Å². The first-order chi connectivity index (χ1) is 22.1. The predicted octanol–water partition coefficient (Wildman–Crippen LogP) is 6.05. The van der Waals surface area contributed by atoms with Crippen molar-refractivity contribution >= 4 is 39.8 Å². The number of alkyl halides is 5. The fourth-order valence-electron chi connectivity index (χ4n) is 6.12. The number of benzene rings is 1. The Morgan fingerprint density at radius 3 is 2.57 bits per heavy atom. The Morgan fingerprint density at radius 2 is 1.91 bits per heavy atom. The number of hydrogen-bond donors (Lipinski definition) is 2. The van der Waals surface area contributed by atoms with Crippen LogP contribution in [0.25, 0.3) is 22.2 Å². The number of nitrogens with two attached hydrogens (primary N) is 2. The summed E-state index contributed by atoms with van der Waals surface area (Å²) < 4.78 is 99.8. The summed E-state index contributed by atoms with van der Waals surface area (Å²) in [6, 6.07) is 1.11. The van der Waals surface area contributed by atoms with Crippen LogP contribution >= 0.6 is 11.6 Å². The lowest BCUT2D eigenvalue weighted by Crippen LogP contribution is -2.32. The first-order valence-electron chi connectivity index (χ1n) is 14.4. The summed E-state index contributed by atoms with van der Waals surface area (Å²) in [6.45, 7) is 2.32. The van der Waals surface area contributed by atoms with Gasteiger partial charge in [0.05, 0.1) is 52.0 Å². The maximum Gasteiger partial charge on any atom is 0.418 e. The van der Waals surface area contributed by atoms with Gasteiger partial charge < -0.3 is 25.8 Å². The highest BCUT2D eigenvalue weighted by Crippen LogP contribution is 2.50. The average Bonchev–Trinajstić information content (AvgIpc) is 3.11.